The van der Waals surface area contributed by atoms with E-state index in [9.17, 15) is 8.78 Å². The van der Waals surface area contributed by atoms with E-state index < -0.39 is 11.6 Å². The van der Waals surface area contributed by atoms with Crippen LogP contribution in [0.1, 0.15) is 18.9 Å². The van der Waals surface area contributed by atoms with Crippen LogP contribution in [-0.2, 0) is 9.47 Å². The average Bonchev–Trinajstić information content (AvgIpc) is 3.08. The fourth-order valence-electron chi connectivity index (χ4n) is 3.33. The van der Waals surface area contributed by atoms with Gasteiger partial charge in [-0.05, 0) is 25.0 Å². The molecule has 0 saturated carbocycles. The second-order valence-corrected chi connectivity index (χ2v) is 6.72. The number of ether oxygens (including phenoxy) is 2. The molecule has 0 radical (unpaired) electrons. The number of methoxy groups -OCH3 is 1. The number of benzene rings is 1. The van der Waals surface area contributed by atoms with E-state index in [4.69, 9.17) is 9.47 Å². The zero-order valence-electron chi connectivity index (χ0n) is 16.0. The molecule has 154 valence electrons. The Morgan fingerprint density at radius 1 is 1.24 bits per heavy atom. The third kappa shape index (κ3) is 4.28. The van der Waals surface area contributed by atoms with Gasteiger partial charge < -0.3 is 20.1 Å². The second-order valence-electron chi connectivity index (χ2n) is 6.72. The van der Waals surface area contributed by atoms with Crippen LogP contribution >= 0.6 is 0 Å². The predicted molar refractivity (Wildman–Crippen MR) is 104 cm³/mol. The molecule has 29 heavy (non-hydrogen) atoms. The van der Waals surface area contributed by atoms with E-state index in [1.54, 1.807) is 13.3 Å². The van der Waals surface area contributed by atoms with Gasteiger partial charge in [0.25, 0.3) is 0 Å². The molecule has 2 N–H and O–H groups in total. The molecule has 0 bridgehead atoms. The SMILES string of the molecule is COCCNc1ncc2nc(Nc3ccc(F)cc3F)n(C3CCOCC3)c2n1. The summed E-state index contributed by atoms with van der Waals surface area (Å²) >= 11 is 0. The normalized spacial score (nSPS) is 15.0. The van der Waals surface area contributed by atoms with Crippen molar-refractivity contribution < 1.29 is 18.3 Å². The highest BCUT2D eigenvalue weighted by molar-refractivity contribution is 5.76. The van der Waals surface area contributed by atoms with Crippen molar-refractivity contribution in [2.24, 2.45) is 0 Å². The average molecular weight is 404 g/mol. The molecule has 1 fully saturated rings. The Kier molecular flexibility index (Phi) is 5.81. The summed E-state index contributed by atoms with van der Waals surface area (Å²) in [6.07, 6.45) is 3.18. The van der Waals surface area contributed by atoms with Gasteiger partial charge in [-0.15, -0.1) is 0 Å². The Hall–Kier alpha value is -2.85. The minimum Gasteiger partial charge on any atom is -0.383 e. The Morgan fingerprint density at radius 3 is 2.83 bits per heavy atom. The first kappa shape index (κ1) is 19.5. The minimum atomic E-state index is -0.691. The molecule has 3 aromatic rings. The number of hydrogen-bond donors (Lipinski definition) is 2. The summed E-state index contributed by atoms with van der Waals surface area (Å²) in [7, 11) is 1.62. The number of aromatic nitrogens is 4. The van der Waals surface area contributed by atoms with E-state index in [0.717, 1.165) is 18.9 Å². The lowest BCUT2D eigenvalue weighted by molar-refractivity contribution is 0.0710. The Morgan fingerprint density at radius 2 is 2.07 bits per heavy atom. The van der Waals surface area contributed by atoms with Crippen molar-refractivity contribution in [3.63, 3.8) is 0 Å². The van der Waals surface area contributed by atoms with Gasteiger partial charge in [-0.25, -0.2) is 18.7 Å². The fourth-order valence-corrected chi connectivity index (χ4v) is 3.33. The molecule has 10 heteroatoms. The number of halogens is 2. The van der Waals surface area contributed by atoms with Gasteiger partial charge in [0.15, 0.2) is 5.65 Å². The first-order valence-corrected chi connectivity index (χ1v) is 9.43. The van der Waals surface area contributed by atoms with Crippen LogP contribution in [0.3, 0.4) is 0 Å². The summed E-state index contributed by atoms with van der Waals surface area (Å²) in [4.78, 5) is 13.5. The van der Waals surface area contributed by atoms with Gasteiger partial charge in [0.05, 0.1) is 18.5 Å². The second kappa shape index (κ2) is 8.66. The molecule has 1 aromatic carbocycles. The van der Waals surface area contributed by atoms with Gasteiger partial charge in [-0.2, -0.15) is 4.98 Å². The molecular weight excluding hydrogens is 382 g/mol. The van der Waals surface area contributed by atoms with Gasteiger partial charge in [0.2, 0.25) is 11.9 Å². The van der Waals surface area contributed by atoms with Gasteiger partial charge in [-0.1, -0.05) is 0 Å². The Balaban J connectivity index is 1.73. The lowest BCUT2D eigenvalue weighted by atomic mass is 10.1. The number of hydrogen-bond acceptors (Lipinski definition) is 7. The molecular formula is C19H22F2N6O2. The molecule has 1 aliphatic rings. The van der Waals surface area contributed by atoms with Crippen molar-refractivity contribution in [2.45, 2.75) is 18.9 Å². The number of rotatable bonds is 7. The molecule has 8 nitrogen and oxygen atoms in total. The van der Waals surface area contributed by atoms with E-state index in [0.29, 0.717) is 49.4 Å². The quantitative estimate of drug-likeness (QED) is 0.585. The predicted octanol–water partition coefficient (Wildman–Crippen LogP) is 3.26. The zero-order valence-corrected chi connectivity index (χ0v) is 16.0. The maximum atomic E-state index is 14.2. The topological polar surface area (TPSA) is 86.1 Å². The monoisotopic (exact) mass is 404 g/mol. The van der Waals surface area contributed by atoms with E-state index in [-0.39, 0.29) is 11.7 Å². The van der Waals surface area contributed by atoms with Crippen LogP contribution in [0.15, 0.2) is 24.4 Å². The molecule has 1 aliphatic heterocycles. The zero-order chi connectivity index (χ0) is 20.2. The highest BCUT2D eigenvalue weighted by Gasteiger charge is 2.24. The van der Waals surface area contributed by atoms with E-state index in [2.05, 4.69) is 25.6 Å². The lowest BCUT2D eigenvalue weighted by Gasteiger charge is -2.25. The number of nitrogens with one attached hydrogen (secondary N) is 2. The summed E-state index contributed by atoms with van der Waals surface area (Å²) < 4.78 is 39.9. The van der Waals surface area contributed by atoms with Crippen LogP contribution in [0.2, 0.25) is 0 Å². The highest BCUT2D eigenvalue weighted by Crippen LogP contribution is 2.31. The lowest BCUT2D eigenvalue weighted by Crippen LogP contribution is -2.21. The maximum Gasteiger partial charge on any atom is 0.224 e. The van der Waals surface area contributed by atoms with E-state index in [1.165, 1.54) is 12.1 Å². The molecule has 0 amide bonds. The van der Waals surface area contributed by atoms with Gasteiger partial charge in [0, 0.05) is 39.0 Å². The summed E-state index contributed by atoms with van der Waals surface area (Å²) in [6.45, 7) is 2.34. The number of imidazole rings is 1. The fraction of sp³-hybridized carbons (Fsp3) is 0.421. The van der Waals surface area contributed by atoms with Crippen LogP contribution in [0.5, 0.6) is 0 Å². The molecule has 0 unspecified atom stereocenters. The van der Waals surface area contributed by atoms with Gasteiger partial charge >= 0.3 is 0 Å². The largest absolute Gasteiger partial charge is 0.383 e. The number of anilines is 3. The Bertz CT molecular complexity index is 990. The molecule has 3 heterocycles. The number of fused-ring (bicyclic) bond motifs is 1. The van der Waals surface area contributed by atoms with Crippen molar-refractivity contribution in [3.05, 3.63) is 36.0 Å². The minimum absolute atomic E-state index is 0.0847. The van der Waals surface area contributed by atoms with Crippen molar-refractivity contribution in [1.29, 1.82) is 0 Å². The molecule has 1 saturated heterocycles. The van der Waals surface area contributed by atoms with E-state index in [1.807, 2.05) is 4.57 Å². The van der Waals surface area contributed by atoms with Crippen molar-refractivity contribution in [1.82, 2.24) is 19.5 Å². The van der Waals surface area contributed by atoms with Crippen LogP contribution in [0, 0.1) is 11.6 Å². The van der Waals surface area contributed by atoms with Crippen LogP contribution in [-0.4, -0.2) is 53.0 Å². The third-order valence-corrected chi connectivity index (χ3v) is 4.76. The number of nitrogens with zero attached hydrogens (tertiary/aromatic N) is 4. The van der Waals surface area contributed by atoms with Crippen LogP contribution < -0.4 is 10.6 Å². The first-order valence-electron chi connectivity index (χ1n) is 9.43. The van der Waals surface area contributed by atoms with Gasteiger partial charge in [0.1, 0.15) is 17.2 Å². The molecule has 2 aromatic heterocycles. The van der Waals surface area contributed by atoms with Crippen molar-refractivity contribution in [2.75, 3.05) is 44.1 Å². The van der Waals surface area contributed by atoms with Crippen LogP contribution in [0.25, 0.3) is 11.2 Å². The first-order chi connectivity index (χ1) is 14.2. The standard InChI is InChI=1S/C19H22F2N6O2/c1-28-9-6-22-18-23-11-16-17(26-18)27(13-4-7-29-8-5-13)19(25-16)24-15-3-2-12(20)10-14(15)21/h2-3,10-11,13H,4-9H2,1H3,(H,24,25)(H,22,23,26). The summed E-state index contributed by atoms with van der Waals surface area (Å²) in [6, 6.07) is 3.47. The van der Waals surface area contributed by atoms with Crippen molar-refractivity contribution >= 4 is 28.7 Å². The van der Waals surface area contributed by atoms with Crippen molar-refractivity contribution in [3.8, 4) is 0 Å². The molecule has 0 atom stereocenters. The molecule has 4 rings (SSSR count). The summed E-state index contributed by atoms with van der Waals surface area (Å²) in [5, 5.41) is 6.09. The summed E-state index contributed by atoms with van der Waals surface area (Å²) in [5.74, 6) is -0.435. The molecule has 0 aliphatic carbocycles. The smallest absolute Gasteiger partial charge is 0.224 e. The maximum absolute atomic E-state index is 14.2. The van der Waals surface area contributed by atoms with E-state index >= 15 is 0 Å². The van der Waals surface area contributed by atoms with Gasteiger partial charge in [-0.3, -0.25) is 4.57 Å². The summed E-state index contributed by atoms with van der Waals surface area (Å²) in [5.41, 5.74) is 1.36. The third-order valence-electron chi connectivity index (χ3n) is 4.76. The van der Waals surface area contributed by atoms with Crippen LogP contribution in [0.4, 0.5) is 26.4 Å². The molecule has 0 spiro atoms. The Labute approximate surface area is 166 Å². The highest BCUT2D eigenvalue weighted by atomic mass is 19.1.